The predicted octanol–water partition coefficient (Wildman–Crippen LogP) is 6.14. The molecule has 3 N–H and O–H groups in total. The summed E-state index contributed by atoms with van der Waals surface area (Å²) in [5, 5.41) is 30.3. The molecule has 2 amide bonds. The lowest BCUT2D eigenvalue weighted by molar-refractivity contribution is -0.279. The summed E-state index contributed by atoms with van der Waals surface area (Å²) in [6.07, 6.45) is 15.5. The van der Waals surface area contributed by atoms with Gasteiger partial charge in [-0.05, 0) is 32.1 Å². The monoisotopic (exact) mass is 539 g/mol. The molecule has 0 aromatic carbocycles. The van der Waals surface area contributed by atoms with Gasteiger partial charge in [-0.25, -0.2) is 4.84 Å². The highest BCUT2D eigenvalue weighted by Crippen LogP contribution is 2.38. The molecule has 218 valence electrons. The summed E-state index contributed by atoms with van der Waals surface area (Å²) < 4.78 is 0. The van der Waals surface area contributed by atoms with E-state index in [1.165, 1.54) is 0 Å². The molecule has 0 bridgehead atoms. The topological polar surface area (TPSA) is 141 Å². The lowest BCUT2D eigenvalue weighted by Gasteiger charge is -2.35. The van der Waals surface area contributed by atoms with Gasteiger partial charge in [-0.2, -0.15) is 5.06 Å². The minimum Gasteiger partial charge on any atom is -0.481 e. The highest BCUT2D eigenvalue weighted by Gasteiger charge is 2.48. The zero-order chi connectivity index (χ0) is 28.2. The minimum atomic E-state index is -1.79. The summed E-state index contributed by atoms with van der Waals surface area (Å²) >= 11 is 0. The van der Waals surface area contributed by atoms with Crippen LogP contribution in [-0.4, -0.2) is 50.4 Å². The largest absolute Gasteiger partial charge is 0.481 e. The van der Waals surface area contributed by atoms with Crippen molar-refractivity contribution < 1.29 is 39.3 Å². The van der Waals surface area contributed by atoms with Gasteiger partial charge in [0.25, 0.3) is 11.8 Å². The van der Waals surface area contributed by atoms with Crippen LogP contribution in [0.1, 0.15) is 135 Å². The molecule has 0 spiro atoms. The van der Waals surface area contributed by atoms with Crippen LogP contribution in [0.5, 0.6) is 0 Å². The number of nitrogens with zero attached hydrogens (tertiary/aromatic N) is 1. The molecule has 1 heterocycles. The van der Waals surface area contributed by atoms with E-state index in [0.717, 1.165) is 83.5 Å². The number of unbranched alkanes of at least 4 members (excludes halogenated alkanes) is 14. The summed E-state index contributed by atoms with van der Waals surface area (Å²) in [5.74, 6) is -3.07. The van der Waals surface area contributed by atoms with E-state index < -0.39 is 35.5 Å². The molecule has 1 aliphatic heterocycles. The third-order valence-electron chi connectivity index (χ3n) is 7.40. The summed E-state index contributed by atoms with van der Waals surface area (Å²) in [6.45, 7) is 3.73. The van der Waals surface area contributed by atoms with E-state index in [-0.39, 0.29) is 32.1 Å². The molecule has 0 aliphatic carbocycles. The standard InChI is InChI=1S/C29H49NO8/c1-2-3-4-5-6-8-11-14-17-22-29(27(35)36,28(37)38-30-24(31)20-21-25(30)32)23-18-15-12-9-7-10-13-16-19-26(33)34/h2,28,37H,1,3-23H2,(H,33,34)(H,35,36). The molecule has 2 unspecified atom stereocenters. The minimum absolute atomic E-state index is 0.00523. The van der Waals surface area contributed by atoms with Gasteiger partial charge in [-0.1, -0.05) is 89.5 Å². The van der Waals surface area contributed by atoms with Crippen LogP contribution in [0.15, 0.2) is 12.7 Å². The van der Waals surface area contributed by atoms with Gasteiger partial charge in [0.05, 0.1) is 0 Å². The Kier molecular flexibility index (Phi) is 17.6. The number of carbonyl (C=O) groups is 4. The number of amides is 2. The zero-order valence-corrected chi connectivity index (χ0v) is 23.0. The highest BCUT2D eigenvalue weighted by molar-refractivity contribution is 6.00. The first kappa shape index (κ1) is 33.8. The first-order valence-electron chi connectivity index (χ1n) is 14.5. The van der Waals surface area contributed by atoms with Crippen LogP contribution in [0.3, 0.4) is 0 Å². The summed E-state index contributed by atoms with van der Waals surface area (Å²) in [7, 11) is 0. The maximum Gasteiger partial charge on any atom is 0.314 e. The first-order valence-corrected chi connectivity index (χ1v) is 14.5. The molecule has 0 radical (unpaired) electrons. The number of hydrogen-bond donors (Lipinski definition) is 3. The maximum atomic E-state index is 12.5. The second-order valence-electron chi connectivity index (χ2n) is 10.5. The van der Waals surface area contributed by atoms with Crippen LogP contribution >= 0.6 is 0 Å². The Bertz CT molecular complexity index is 724. The van der Waals surface area contributed by atoms with Crippen molar-refractivity contribution in [3.63, 3.8) is 0 Å². The number of carboxylic acids is 2. The second-order valence-corrected chi connectivity index (χ2v) is 10.5. The molecule has 0 aromatic heterocycles. The molecule has 9 nitrogen and oxygen atoms in total. The van der Waals surface area contributed by atoms with Gasteiger partial charge in [-0.15, -0.1) is 6.58 Å². The second kappa shape index (κ2) is 19.8. The molecule has 0 aromatic rings. The van der Waals surface area contributed by atoms with Crippen LogP contribution in [0, 0.1) is 5.41 Å². The van der Waals surface area contributed by atoms with Crippen LogP contribution in [0.2, 0.25) is 0 Å². The predicted molar refractivity (Wildman–Crippen MR) is 144 cm³/mol. The number of aliphatic carboxylic acids is 2. The summed E-state index contributed by atoms with van der Waals surface area (Å²) in [6, 6.07) is 0. The van der Waals surface area contributed by atoms with Crippen molar-refractivity contribution in [2.75, 3.05) is 0 Å². The van der Waals surface area contributed by atoms with E-state index in [2.05, 4.69) is 6.58 Å². The van der Waals surface area contributed by atoms with Crippen molar-refractivity contribution in [1.29, 1.82) is 0 Å². The van der Waals surface area contributed by atoms with E-state index in [1.54, 1.807) is 0 Å². The normalized spacial score (nSPS) is 16.0. The Labute approximate surface area is 227 Å². The molecule has 9 heteroatoms. The van der Waals surface area contributed by atoms with Gasteiger partial charge >= 0.3 is 11.9 Å². The summed E-state index contributed by atoms with van der Waals surface area (Å²) in [4.78, 5) is 52.3. The average Bonchev–Trinajstić information content (AvgIpc) is 3.19. The lowest BCUT2D eigenvalue weighted by atomic mass is 9.77. The molecule has 0 saturated carbocycles. The van der Waals surface area contributed by atoms with E-state index in [9.17, 15) is 29.4 Å². The van der Waals surface area contributed by atoms with E-state index in [1.807, 2.05) is 6.08 Å². The number of hydroxylamine groups is 2. The molecule has 2 atom stereocenters. The Hall–Kier alpha value is -2.26. The van der Waals surface area contributed by atoms with Gasteiger partial charge in [0.2, 0.25) is 0 Å². The molecular weight excluding hydrogens is 490 g/mol. The van der Waals surface area contributed by atoms with Crippen molar-refractivity contribution in [3.05, 3.63) is 12.7 Å². The first-order chi connectivity index (χ1) is 18.2. The van der Waals surface area contributed by atoms with Crippen molar-refractivity contribution in [3.8, 4) is 0 Å². The third kappa shape index (κ3) is 13.0. The van der Waals surface area contributed by atoms with Crippen LogP contribution in [0.4, 0.5) is 0 Å². The number of carboxylic acid groups (broad SMARTS) is 2. The van der Waals surface area contributed by atoms with Gasteiger partial charge in [-0.3, -0.25) is 19.2 Å². The fourth-order valence-electron chi connectivity index (χ4n) is 4.96. The smallest absolute Gasteiger partial charge is 0.314 e. The van der Waals surface area contributed by atoms with Crippen LogP contribution in [-0.2, 0) is 24.0 Å². The molecular formula is C29H49NO8. The summed E-state index contributed by atoms with van der Waals surface area (Å²) in [5.41, 5.74) is -1.59. The van der Waals surface area contributed by atoms with Crippen molar-refractivity contribution in [2.45, 2.75) is 141 Å². The number of carbonyl (C=O) groups excluding carboxylic acids is 2. The third-order valence-corrected chi connectivity index (χ3v) is 7.40. The Morgan fingerprint density at radius 3 is 1.63 bits per heavy atom. The molecule has 1 fully saturated rings. The van der Waals surface area contributed by atoms with E-state index in [0.29, 0.717) is 24.3 Å². The van der Waals surface area contributed by atoms with Gasteiger partial charge in [0, 0.05) is 19.3 Å². The Morgan fingerprint density at radius 1 is 0.789 bits per heavy atom. The van der Waals surface area contributed by atoms with Crippen molar-refractivity contribution in [2.24, 2.45) is 5.41 Å². The van der Waals surface area contributed by atoms with Gasteiger partial charge in [0.1, 0.15) is 5.41 Å². The number of rotatable bonds is 25. The number of hydrogen-bond acceptors (Lipinski definition) is 6. The fourth-order valence-corrected chi connectivity index (χ4v) is 4.96. The van der Waals surface area contributed by atoms with Crippen molar-refractivity contribution >= 4 is 23.8 Å². The maximum absolute atomic E-state index is 12.5. The van der Waals surface area contributed by atoms with Gasteiger partial charge in [0.15, 0.2) is 6.29 Å². The van der Waals surface area contributed by atoms with Gasteiger partial charge < -0.3 is 15.3 Å². The Balaban J connectivity index is 2.58. The molecule has 1 aliphatic rings. The van der Waals surface area contributed by atoms with E-state index in [4.69, 9.17) is 9.94 Å². The molecule has 1 saturated heterocycles. The SMILES string of the molecule is C=CCCCCCCCCCC(CCCCCCCCCCC(=O)O)(C(=O)O)C(O)ON1C(=O)CCC1=O. The molecule has 38 heavy (non-hydrogen) atoms. The number of aliphatic hydroxyl groups is 1. The highest BCUT2D eigenvalue weighted by atomic mass is 16.8. The van der Waals surface area contributed by atoms with Crippen LogP contribution in [0.25, 0.3) is 0 Å². The Morgan fingerprint density at radius 2 is 1.21 bits per heavy atom. The molecule has 1 rings (SSSR count). The fraction of sp³-hybridized carbons (Fsp3) is 0.793. The lowest BCUT2D eigenvalue weighted by Crippen LogP contribution is -2.48. The quantitative estimate of drug-likeness (QED) is 0.0544. The zero-order valence-electron chi connectivity index (χ0n) is 23.0. The van der Waals surface area contributed by atoms with Crippen LogP contribution < -0.4 is 0 Å². The van der Waals surface area contributed by atoms with E-state index >= 15 is 0 Å². The number of allylic oxidation sites excluding steroid dienone is 1. The van der Waals surface area contributed by atoms with Crippen molar-refractivity contribution in [1.82, 2.24) is 5.06 Å². The number of imide groups is 1. The number of aliphatic hydroxyl groups excluding tert-OH is 1. The average molecular weight is 540 g/mol.